The molecular formula is C19H22N2O6S. The SMILES string of the molecule is CCCC(=O)NS(=O)(=O)C(C)(O)n1ccc(-c2ccc(C(C)=O)cc2)cc1=O. The van der Waals surface area contributed by atoms with Crippen LogP contribution in [0.5, 0.6) is 0 Å². The molecule has 0 radical (unpaired) electrons. The maximum absolute atomic E-state index is 12.5. The molecule has 0 aliphatic rings. The normalized spacial score (nSPS) is 13.6. The van der Waals surface area contributed by atoms with Crippen LogP contribution >= 0.6 is 0 Å². The van der Waals surface area contributed by atoms with Crippen LogP contribution in [0, 0.1) is 0 Å². The van der Waals surface area contributed by atoms with Crippen molar-refractivity contribution in [3.05, 3.63) is 58.5 Å². The molecule has 1 aromatic carbocycles. The van der Waals surface area contributed by atoms with E-state index in [2.05, 4.69) is 0 Å². The summed E-state index contributed by atoms with van der Waals surface area (Å²) < 4.78 is 27.2. The fourth-order valence-corrected chi connectivity index (χ4v) is 3.56. The molecule has 1 heterocycles. The van der Waals surface area contributed by atoms with E-state index in [0.717, 1.165) is 13.1 Å². The average molecular weight is 406 g/mol. The van der Waals surface area contributed by atoms with Crippen molar-refractivity contribution in [2.75, 3.05) is 0 Å². The van der Waals surface area contributed by atoms with Gasteiger partial charge < -0.3 is 5.11 Å². The minimum absolute atomic E-state index is 0.0284. The third-order valence-electron chi connectivity index (χ3n) is 4.23. The first-order valence-electron chi connectivity index (χ1n) is 8.61. The van der Waals surface area contributed by atoms with Crippen molar-refractivity contribution in [1.82, 2.24) is 9.29 Å². The number of nitrogens with zero attached hydrogens (tertiary/aromatic N) is 1. The molecule has 0 bridgehead atoms. The van der Waals surface area contributed by atoms with Gasteiger partial charge in [0.05, 0.1) is 0 Å². The Hall–Kier alpha value is -2.78. The van der Waals surface area contributed by atoms with Crippen molar-refractivity contribution in [2.24, 2.45) is 0 Å². The molecule has 1 unspecified atom stereocenters. The molecule has 1 amide bonds. The first kappa shape index (κ1) is 21.5. The lowest BCUT2D eigenvalue weighted by atomic mass is 10.0. The van der Waals surface area contributed by atoms with Crippen LogP contribution in [0.3, 0.4) is 0 Å². The highest BCUT2D eigenvalue weighted by molar-refractivity contribution is 7.90. The van der Waals surface area contributed by atoms with Gasteiger partial charge in [-0.3, -0.25) is 19.0 Å². The van der Waals surface area contributed by atoms with Crippen LogP contribution in [0.4, 0.5) is 0 Å². The first-order valence-corrected chi connectivity index (χ1v) is 10.1. The number of pyridine rings is 1. The number of hydrogen-bond donors (Lipinski definition) is 2. The minimum atomic E-state index is -4.57. The zero-order chi connectivity index (χ0) is 21.1. The first-order chi connectivity index (χ1) is 13.0. The highest BCUT2D eigenvalue weighted by atomic mass is 32.2. The van der Waals surface area contributed by atoms with Gasteiger partial charge in [0, 0.05) is 31.2 Å². The van der Waals surface area contributed by atoms with Crippen LogP contribution in [0.25, 0.3) is 11.1 Å². The molecule has 9 heteroatoms. The highest BCUT2D eigenvalue weighted by Gasteiger charge is 2.40. The minimum Gasteiger partial charge on any atom is -0.357 e. The Kier molecular flexibility index (Phi) is 6.20. The number of rotatable bonds is 7. The van der Waals surface area contributed by atoms with E-state index in [0.29, 0.717) is 27.7 Å². The fraction of sp³-hybridized carbons (Fsp3) is 0.316. The van der Waals surface area contributed by atoms with Crippen LogP contribution in [-0.2, 0) is 19.9 Å². The van der Waals surface area contributed by atoms with E-state index in [-0.39, 0.29) is 12.2 Å². The smallest absolute Gasteiger partial charge is 0.285 e. The van der Waals surface area contributed by atoms with Crippen LogP contribution in [-0.4, -0.2) is 29.8 Å². The predicted octanol–water partition coefficient (Wildman–Crippen LogP) is 1.59. The van der Waals surface area contributed by atoms with E-state index >= 15 is 0 Å². The lowest BCUT2D eigenvalue weighted by molar-refractivity contribution is -0.119. The van der Waals surface area contributed by atoms with Gasteiger partial charge in [0.15, 0.2) is 5.78 Å². The number of sulfonamides is 1. The Labute approximate surface area is 162 Å². The number of carbonyl (C=O) groups is 2. The summed E-state index contributed by atoms with van der Waals surface area (Å²) in [5.74, 6) is -0.855. The summed E-state index contributed by atoms with van der Waals surface area (Å²) >= 11 is 0. The number of carbonyl (C=O) groups excluding carboxylic acids is 2. The van der Waals surface area contributed by atoms with Crippen molar-refractivity contribution in [3.8, 4) is 11.1 Å². The number of Topliss-reactive ketones (excluding diaryl/α,β-unsaturated/α-hetero) is 1. The number of aromatic nitrogens is 1. The second-order valence-electron chi connectivity index (χ2n) is 6.47. The molecule has 0 saturated carbocycles. The molecule has 0 aliphatic heterocycles. The molecule has 0 aliphatic carbocycles. The van der Waals surface area contributed by atoms with Gasteiger partial charge in [-0.15, -0.1) is 0 Å². The zero-order valence-corrected chi connectivity index (χ0v) is 16.6. The summed E-state index contributed by atoms with van der Waals surface area (Å²) in [5.41, 5.74) is 0.882. The van der Waals surface area contributed by atoms with E-state index in [1.165, 1.54) is 19.1 Å². The Morgan fingerprint density at radius 3 is 2.25 bits per heavy atom. The quantitative estimate of drug-likeness (QED) is 0.673. The highest BCUT2D eigenvalue weighted by Crippen LogP contribution is 2.22. The van der Waals surface area contributed by atoms with Crippen LogP contribution in [0.2, 0.25) is 0 Å². The maximum atomic E-state index is 12.5. The molecule has 2 aromatic rings. The van der Waals surface area contributed by atoms with E-state index < -0.39 is 26.5 Å². The second-order valence-corrected chi connectivity index (χ2v) is 8.45. The third-order valence-corrected chi connectivity index (χ3v) is 5.94. The van der Waals surface area contributed by atoms with Gasteiger partial charge in [-0.25, -0.2) is 13.1 Å². The standard InChI is InChI=1S/C19H22N2O6S/c1-4-5-17(23)20-28(26,27)19(3,25)21-11-10-16(12-18(21)24)15-8-6-14(7-9-15)13(2)22/h6-12,25H,4-5H2,1-3H3,(H,20,23). The Balaban J connectivity index is 2.38. The number of hydrogen-bond acceptors (Lipinski definition) is 6. The van der Waals surface area contributed by atoms with Gasteiger partial charge in [-0.05, 0) is 30.5 Å². The number of ketones is 1. The predicted molar refractivity (Wildman–Crippen MR) is 104 cm³/mol. The number of amides is 1. The summed E-state index contributed by atoms with van der Waals surface area (Å²) in [6.07, 6.45) is 1.54. The molecule has 2 N–H and O–H groups in total. The summed E-state index contributed by atoms with van der Waals surface area (Å²) in [6, 6.07) is 9.19. The molecular weight excluding hydrogens is 384 g/mol. The lowest BCUT2D eigenvalue weighted by Gasteiger charge is -2.26. The lowest BCUT2D eigenvalue weighted by Crippen LogP contribution is -2.51. The molecule has 8 nitrogen and oxygen atoms in total. The van der Waals surface area contributed by atoms with Crippen LogP contribution < -0.4 is 10.3 Å². The Morgan fingerprint density at radius 2 is 1.75 bits per heavy atom. The molecule has 0 saturated heterocycles. The van der Waals surface area contributed by atoms with Crippen molar-refractivity contribution in [1.29, 1.82) is 0 Å². The van der Waals surface area contributed by atoms with Gasteiger partial charge in [0.25, 0.3) is 20.6 Å². The zero-order valence-electron chi connectivity index (χ0n) is 15.8. The Morgan fingerprint density at radius 1 is 1.14 bits per heavy atom. The molecule has 0 spiro atoms. The van der Waals surface area contributed by atoms with Gasteiger partial charge in [-0.1, -0.05) is 31.2 Å². The number of benzene rings is 1. The second kappa shape index (κ2) is 8.07. The van der Waals surface area contributed by atoms with E-state index in [4.69, 9.17) is 0 Å². The van der Waals surface area contributed by atoms with E-state index in [1.807, 2.05) is 0 Å². The van der Waals surface area contributed by atoms with E-state index in [1.54, 1.807) is 35.9 Å². The summed E-state index contributed by atoms with van der Waals surface area (Å²) in [5, 5.41) is 7.83. The van der Waals surface area contributed by atoms with Crippen LogP contribution in [0.15, 0.2) is 47.4 Å². The summed E-state index contributed by atoms with van der Waals surface area (Å²) in [6.45, 7) is 4.06. The number of aliphatic hydroxyl groups is 1. The number of nitrogens with one attached hydrogen (secondary N) is 1. The molecule has 0 fully saturated rings. The van der Waals surface area contributed by atoms with Crippen molar-refractivity contribution in [3.63, 3.8) is 0 Å². The summed E-state index contributed by atoms with van der Waals surface area (Å²) in [7, 11) is -4.57. The Bertz CT molecular complexity index is 1050. The van der Waals surface area contributed by atoms with Crippen molar-refractivity contribution in [2.45, 2.75) is 38.7 Å². The van der Waals surface area contributed by atoms with Crippen molar-refractivity contribution >= 4 is 21.7 Å². The molecule has 1 aromatic heterocycles. The summed E-state index contributed by atoms with van der Waals surface area (Å²) in [4.78, 5) is 35.4. The van der Waals surface area contributed by atoms with Gasteiger partial charge in [0.1, 0.15) is 0 Å². The molecule has 28 heavy (non-hydrogen) atoms. The third kappa shape index (κ3) is 4.37. The molecule has 2 rings (SSSR count). The maximum Gasteiger partial charge on any atom is 0.285 e. The van der Waals surface area contributed by atoms with Crippen molar-refractivity contribution < 1.29 is 23.1 Å². The largest absolute Gasteiger partial charge is 0.357 e. The van der Waals surface area contributed by atoms with Gasteiger partial charge in [0.2, 0.25) is 5.91 Å². The fourth-order valence-electron chi connectivity index (χ4n) is 2.55. The molecule has 1 atom stereocenters. The van der Waals surface area contributed by atoms with Gasteiger partial charge >= 0.3 is 0 Å². The van der Waals surface area contributed by atoms with Crippen LogP contribution in [0.1, 0.15) is 44.0 Å². The average Bonchev–Trinajstić information content (AvgIpc) is 2.61. The van der Waals surface area contributed by atoms with Gasteiger partial charge in [-0.2, -0.15) is 0 Å². The monoisotopic (exact) mass is 406 g/mol. The topological polar surface area (TPSA) is 123 Å². The van der Waals surface area contributed by atoms with E-state index in [9.17, 15) is 27.9 Å². The molecule has 150 valence electrons.